The van der Waals surface area contributed by atoms with Gasteiger partial charge in [-0.2, -0.15) is 0 Å². The van der Waals surface area contributed by atoms with Gasteiger partial charge in [0.05, 0.1) is 10.7 Å². The molecule has 1 aromatic carbocycles. The molecular weight excluding hydrogens is 284 g/mol. The van der Waals surface area contributed by atoms with Crippen LogP contribution in [0, 0.1) is 5.92 Å². The van der Waals surface area contributed by atoms with E-state index in [9.17, 15) is 0 Å². The maximum absolute atomic E-state index is 8.84. The summed E-state index contributed by atoms with van der Waals surface area (Å²) in [4.78, 5) is 2.23. The average molecular weight is 313 g/mol. The number of nitrogens with zero attached hydrogens (tertiary/aromatic N) is 1. The minimum absolute atomic E-state index is 0.278. The molecule has 0 aromatic heterocycles. The highest BCUT2D eigenvalue weighted by Crippen LogP contribution is 2.29. The maximum Gasteiger partial charge on any atom is 0.0642 e. The summed E-state index contributed by atoms with van der Waals surface area (Å²) in [6.07, 6.45) is 2.99. The number of anilines is 1. The molecule has 0 fully saturated rings. The van der Waals surface area contributed by atoms with E-state index >= 15 is 0 Å². The molecule has 21 heavy (non-hydrogen) atoms. The van der Waals surface area contributed by atoms with Crippen LogP contribution in [0.25, 0.3) is 0 Å². The Morgan fingerprint density at radius 3 is 2.67 bits per heavy atom. The second-order valence-corrected chi connectivity index (χ2v) is 6.39. The molecule has 2 N–H and O–H groups in total. The van der Waals surface area contributed by atoms with Crippen molar-refractivity contribution in [3.63, 3.8) is 0 Å². The van der Waals surface area contributed by atoms with Gasteiger partial charge in [-0.05, 0) is 43.4 Å². The number of unbranched alkanes of at least 4 members (excludes halogenated alkanes) is 2. The molecule has 0 saturated heterocycles. The number of rotatable bonds is 10. The lowest BCUT2D eigenvalue weighted by Crippen LogP contribution is -2.24. The average Bonchev–Trinajstić information content (AvgIpc) is 2.43. The first kappa shape index (κ1) is 18.3. The van der Waals surface area contributed by atoms with Gasteiger partial charge in [-0.1, -0.05) is 37.6 Å². The molecule has 0 radical (unpaired) electrons. The van der Waals surface area contributed by atoms with Gasteiger partial charge in [-0.25, -0.2) is 0 Å². The van der Waals surface area contributed by atoms with E-state index in [1.165, 1.54) is 5.56 Å². The highest BCUT2D eigenvalue weighted by molar-refractivity contribution is 6.33. The first-order valence-corrected chi connectivity index (χ1v) is 8.24. The number of aliphatic hydroxyl groups excluding tert-OH is 1. The first-order valence-electron chi connectivity index (χ1n) is 7.86. The van der Waals surface area contributed by atoms with E-state index in [2.05, 4.69) is 37.2 Å². The predicted molar refractivity (Wildman–Crippen MR) is 92.2 cm³/mol. The van der Waals surface area contributed by atoms with Crippen molar-refractivity contribution in [1.29, 1.82) is 0 Å². The number of hydrogen-bond acceptors (Lipinski definition) is 3. The summed E-state index contributed by atoms with van der Waals surface area (Å²) in [5.41, 5.74) is 2.37. The molecule has 1 rings (SSSR count). The van der Waals surface area contributed by atoms with Gasteiger partial charge in [0.25, 0.3) is 0 Å². The first-order chi connectivity index (χ1) is 10.1. The second-order valence-electron chi connectivity index (χ2n) is 5.98. The van der Waals surface area contributed by atoms with Gasteiger partial charge in [0.2, 0.25) is 0 Å². The molecule has 0 aliphatic carbocycles. The lowest BCUT2D eigenvalue weighted by Gasteiger charge is -2.24. The zero-order chi connectivity index (χ0) is 15.7. The minimum atomic E-state index is 0.278. The Labute approximate surface area is 134 Å². The van der Waals surface area contributed by atoms with E-state index in [1.807, 2.05) is 12.1 Å². The van der Waals surface area contributed by atoms with Crippen molar-refractivity contribution in [2.45, 2.75) is 39.7 Å². The van der Waals surface area contributed by atoms with E-state index < -0.39 is 0 Å². The van der Waals surface area contributed by atoms with Gasteiger partial charge in [0.15, 0.2) is 0 Å². The van der Waals surface area contributed by atoms with Crippen LogP contribution in [-0.2, 0) is 6.54 Å². The van der Waals surface area contributed by atoms with Crippen molar-refractivity contribution in [2.24, 2.45) is 5.92 Å². The summed E-state index contributed by atoms with van der Waals surface area (Å²) in [6.45, 7) is 7.50. The largest absolute Gasteiger partial charge is 0.396 e. The van der Waals surface area contributed by atoms with Crippen LogP contribution in [0.15, 0.2) is 18.2 Å². The van der Waals surface area contributed by atoms with E-state index in [0.29, 0.717) is 5.92 Å². The van der Waals surface area contributed by atoms with Crippen LogP contribution in [0.4, 0.5) is 5.69 Å². The Hall–Kier alpha value is -0.770. The minimum Gasteiger partial charge on any atom is -0.396 e. The monoisotopic (exact) mass is 312 g/mol. The van der Waals surface area contributed by atoms with Crippen molar-refractivity contribution in [3.05, 3.63) is 28.8 Å². The smallest absolute Gasteiger partial charge is 0.0642 e. The Bertz CT molecular complexity index is 410. The maximum atomic E-state index is 8.84. The van der Waals surface area contributed by atoms with Crippen molar-refractivity contribution in [1.82, 2.24) is 5.32 Å². The van der Waals surface area contributed by atoms with Crippen LogP contribution < -0.4 is 10.2 Å². The molecule has 0 spiro atoms. The van der Waals surface area contributed by atoms with Crippen molar-refractivity contribution in [2.75, 3.05) is 31.6 Å². The fourth-order valence-corrected chi connectivity index (χ4v) is 2.71. The topological polar surface area (TPSA) is 35.5 Å². The van der Waals surface area contributed by atoms with E-state index in [1.54, 1.807) is 0 Å². The second kappa shape index (κ2) is 10.0. The molecule has 120 valence electrons. The molecule has 0 aliphatic heterocycles. The fraction of sp³-hybridized carbons (Fsp3) is 0.647. The fourth-order valence-electron chi connectivity index (χ4n) is 2.38. The summed E-state index contributed by atoms with van der Waals surface area (Å²) in [6, 6.07) is 6.10. The number of benzene rings is 1. The Morgan fingerprint density at radius 1 is 1.24 bits per heavy atom. The van der Waals surface area contributed by atoms with Gasteiger partial charge in [-0.3, -0.25) is 0 Å². The van der Waals surface area contributed by atoms with E-state index in [-0.39, 0.29) is 6.61 Å². The molecule has 0 atom stereocenters. The quantitative estimate of drug-likeness (QED) is 0.647. The summed E-state index contributed by atoms with van der Waals surface area (Å²) in [5, 5.41) is 13.1. The lowest BCUT2D eigenvalue weighted by molar-refractivity contribution is 0.283. The Morgan fingerprint density at radius 2 is 2.00 bits per heavy atom. The molecule has 1 aromatic rings. The number of para-hydroxylation sites is 1. The van der Waals surface area contributed by atoms with Gasteiger partial charge in [-0.15, -0.1) is 0 Å². The third-order valence-electron chi connectivity index (χ3n) is 3.47. The van der Waals surface area contributed by atoms with Crippen LogP contribution in [-0.4, -0.2) is 31.9 Å². The third kappa shape index (κ3) is 6.68. The molecule has 4 heteroatoms. The zero-order valence-electron chi connectivity index (χ0n) is 13.5. The SMILES string of the molecule is CC(C)CNCc1cccc(Cl)c1N(C)CCCCCO. The van der Waals surface area contributed by atoms with E-state index in [4.69, 9.17) is 16.7 Å². The summed E-state index contributed by atoms with van der Waals surface area (Å²) >= 11 is 6.40. The normalized spacial score (nSPS) is 11.1. The summed E-state index contributed by atoms with van der Waals surface area (Å²) < 4.78 is 0. The molecule has 3 nitrogen and oxygen atoms in total. The number of aliphatic hydroxyl groups is 1. The van der Waals surface area contributed by atoms with Crippen molar-refractivity contribution >= 4 is 17.3 Å². The standard InChI is InChI=1S/C17H29ClN2O/c1-14(2)12-19-13-15-8-7-9-16(18)17(15)20(3)10-5-4-6-11-21/h7-9,14,19,21H,4-6,10-13H2,1-3H3. The molecule has 0 aliphatic rings. The lowest BCUT2D eigenvalue weighted by atomic mass is 10.1. The van der Waals surface area contributed by atoms with E-state index in [0.717, 1.165) is 49.6 Å². The van der Waals surface area contributed by atoms with Gasteiger partial charge in [0, 0.05) is 26.7 Å². The third-order valence-corrected chi connectivity index (χ3v) is 3.78. The zero-order valence-corrected chi connectivity index (χ0v) is 14.3. The van der Waals surface area contributed by atoms with Gasteiger partial charge in [0.1, 0.15) is 0 Å². The number of halogens is 1. The van der Waals surface area contributed by atoms with Crippen LogP contribution >= 0.6 is 11.6 Å². The number of nitrogens with one attached hydrogen (secondary N) is 1. The van der Waals surface area contributed by atoms with Crippen LogP contribution in [0.3, 0.4) is 0 Å². The van der Waals surface area contributed by atoms with Gasteiger partial charge >= 0.3 is 0 Å². The summed E-state index contributed by atoms with van der Waals surface area (Å²) in [7, 11) is 2.09. The number of hydrogen-bond donors (Lipinski definition) is 2. The molecule has 0 heterocycles. The molecule has 0 saturated carbocycles. The highest BCUT2D eigenvalue weighted by Gasteiger charge is 2.11. The van der Waals surface area contributed by atoms with Crippen LogP contribution in [0.1, 0.15) is 38.7 Å². The summed E-state index contributed by atoms with van der Waals surface area (Å²) in [5.74, 6) is 0.642. The van der Waals surface area contributed by atoms with Crippen molar-refractivity contribution < 1.29 is 5.11 Å². The van der Waals surface area contributed by atoms with Crippen LogP contribution in [0.2, 0.25) is 5.02 Å². The highest BCUT2D eigenvalue weighted by atomic mass is 35.5. The van der Waals surface area contributed by atoms with Crippen LogP contribution in [0.5, 0.6) is 0 Å². The Kier molecular flexibility index (Phi) is 8.74. The molecule has 0 amide bonds. The van der Waals surface area contributed by atoms with Gasteiger partial charge < -0.3 is 15.3 Å². The predicted octanol–water partition coefficient (Wildman–Crippen LogP) is 3.68. The molecule has 0 bridgehead atoms. The Balaban J connectivity index is 2.65. The van der Waals surface area contributed by atoms with Crippen molar-refractivity contribution in [3.8, 4) is 0 Å². The molecule has 0 unspecified atom stereocenters. The molecular formula is C17H29ClN2O.